The lowest BCUT2D eigenvalue weighted by atomic mass is 9.93. The number of nitrogens with zero attached hydrogens (tertiary/aromatic N) is 1. The van der Waals surface area contributed by atoms with Crippen LogP contribution in [-0.4, -0.2) is 46.6 Å². The molecular weight excluding hydrogens is 554 g/mol. The van der Waals surface area contributed by atoms with E-state index in [0.29, 0.717) is 12.1 Å². The van der Waals surface area contributed by atoms with Crippen LogP contribution in [0.15, 0.2) is 12.3 Å². The van der Waals surface area contributed by atoms with Gasteiger partial charge in [-0.25, -0.2) is 4.57 Å². The number of hydrogen-bond acceptors (Lipinski definition) is 4. The molecule has 4 rings (SSSR count). The van der Waals surface area contributed by atoms with E-state index in [9.17, 15) is 10.2 Å². The standard InChI is InChI=1S/C40H72N3O2/c1-32-39(44)27-25-36(41-32)22-17-13-9-5-3-7-11-15-20-34-30-35(38-24-19-29-43(38)31-34)21-16-12-8-4-6-10-14-18-23-37-26-28-40(45)33(2)42-37/h30-33,36-37,39-42,44-45H,3-29H2,1-2H3/q+1/t32-,33-,36+,37+,39-,40-/m0/s1. The summed E-state index contributed by atoms with van der Waals surface area (Å²) in [5.41, 5.74) is 4.89. The molecule has 4 N–H and O–H groups in total. The molecule has 4 heterocycles. The molecule has 6 atom stereocenters. The quantitative estimate of drug-likeness (QED) is 0.0777. The lowest BCUT2D eigenvalue weighted by molar-refractivity contribution is -0.691. The second-order valence-electron chi connectivity index (χ2n) is 15.4. The number of aliphatic hydroxyl groups is 2. The molecule has 0 bridgehead atoms. The molecule has 258 valence electrons. The first kappa shape index (κ1) is 36.8. The maximum absolute atomic E-state index is 9.89. The molecule has 0 aromatic carbocycles. The van der Waals surface area contributed by atoms with E-state index in [2.05, 4.69) is 41.3 Å². The summed E-state index contributed by atoms with van der Waals surface area (Å²) in [4.78, 5) is 0. The Kier molecular flexibility index (Phi) is 17.2. The van der Waals surface area contributed by atoms with Crippen LogP contribution in [0.2, 0.25) is 0 Å². The van der Waals surface area contributed by atoms with Gasteiger partial charge < -0.3 is 20.8 Å². The lowest BCUT2D eigenvalue weighted by Crippen LogP contribution is -2.48. The molecule has 0 unspecified atom stereocenters. The SMILES string of the molecule is C[C@@H]1N[C@H](CCCCCCCCCCc2cc(CCCCCCCCCC[C@@H]3CC[C@H](O)[C@H](C)N3)c3[n+](c2)CCC3)CC[C@@H]1O. The third-order valence-corrected chi connectivity index (χ3v) is 11.5. The number of pyridine rings is 1. The minimum Gasteiger partial charge on any atom is -0.392 e. The fourth-order valence-electron chi connectivity index (χ4n) is 8.46. The minimum atomic E-state index is -0.146. The predicted molar refractivity (Wildman–Crippen MR) is 189 cm³/mol. The highest BCUT2D eigenvalue weighted by Crippen LogP contribution is 2.22. The molecule has 5 nitrogen and oxygen atoms in total. The van der Waals surface area contributed by atoms with Crippen LogP contribution in [0.3, 0.4) is 0 Å². The maximum atomic E-state index is 9.89. The fraction of sp³-hybridized carbons (Fsp3) is 0.875. The van der Waals surface area contributed by atoms with Gasteiger partial charge in [-0.2, -0.15) is 0 Å². The highest BCUT2D eigenvalue weighted by Gasteiger charge is 2.26. The number of fused-ring (bicyclic) bond motifs is 1. The van der Waals surface area contributed by atoms with Crippen molar-refractivity contribution in [1.82, 2.24) is 10.6 Å². The smallest absolute Gasteiger partial charge is 0.184 e. The largest absolute Gasteiger partial charge is 0.392 e. The number of aliphatic hydroxyl groups excluding tert-OH is 2. The van der Waals surface area contributed by atoms with Crippen molar-refractivity contribution >= 4 is 0 Å². The Bertz CT molecular complexity index is 938. The first-order valence-electron chi connectivity index (χ1n) is 19.9. The van der Waals surface area contributed by atoms with Crippen LogP contribution in [0, 0.1) is 0 Å². The second kappa shape index (κ2) is 21.1. The molecule has 2 saturated heterocycles. The van der Waals surface area contributed by atoms with Crippen molar-refractivity contribution in [3.8, 4) is 0 Å². The van der Waals surface area contributed by atoms with Crippen LogP contribution >= 0.6 is 0 Å². The summed E-state index contributed by atoms with van der Waals surface area (Å²) in [6, 6.07) is 4.38. The third kappa shape index (κ3) is 13.6. The number of rotatable bonds is 22. The molecule has 3 aliphatic rings. The zero-order valence-electron chi connectivity index (χ0n) is 29.6. The zero-order valence-corrected chi connectivity index (χ0v) is 29.6. The van der Waals surface area contributed by atoms with Gasteiger partial charge in [0.2, 0.25) is 0 Å². The fourth-order valence-corrected chi connectivity index (χ4v) is 8.46. The number of aryl methyl sites for hydroxylation is 3. The summed E-state index contributed by atoms with van der Waals surface area (Å²) >= 11 is 0. The van der Waals surface area contributed by atoms with E-state index < -0.39 is 0 Å². The van der Waals surface area contributed by atoms with Crippen molar-refractivity contribution < 1.29 is 14.8 Å². The van der Waals surface area contributed by atoms with Crippen LogP contribution in [0.25, 0.3) is 0 Å². The van der Waals surface area contributed by atoms with Gasteiger partial charge in [0.25, 0.3) is 0 Å². The Morgan fingerprint density at radius 1 is 0.622 bits per heavy atom. The Hall–Kier alpha value is -1.01. The van der Waals surface area contributed by atoms with Gasteiger partial charge in [0.05, 0.1) is 12.2 Å². The van der Waals surface area contributed by atoms with Crippen LogP contribution in [-0.2, 0) is 25.8 Å². The number of unbranched alkanes of at least 4 members (excludes halogenated alkanes) is 14. The second-order valence-corrected chi connectivity index (χ2v) is 15.4. The lowest BCUT2D eigenvalue weighted by Gasteiger charge is -2.32. The first-order valence-corrected chi connectivity index (χ1v) is 19.9. The monoisotopic (exact) mass is 627 g/mol. The van der Waals surface area contributed by atoms with Crippen molar-refractivity contribution in [2.45, 2.75) is 224 Å². The molecule has 0 radical (unpaired) electrons. The number of piperidine rings is 2. The average Bonchev–Trinajstić information content (AvgIpc) is 3.51. The van der Waals surface area contributed by atoms with Crippen molar-refractivity contribution in [2.24, 2.45) is 0 Å². The number of hydrogen-bond donors (Lipinski definition) is 4. The van der Waals surface area contributed by atoms with Crippen molar-refractivity contribution in [3.63, 3.8) is 0 Å². The van der Waals surface area contributed by atoms with Gasteiger partial charge in [-0.3, -0.25) is 0 Å². The van der Waals surface area contributed by atoms with Crippen LogP contribution in [0.1, 0.15) is 178 Å². The van der Waals surface area contributed by atoms with E-state index in [4.69, 9.17) is 0 Å². The normalized spacial score (nSPS) is 26.8. The van der Waals surface area contributed by atoms with Gasteiger partial charge in [0, 0.05) is 48.1 Å². The summed E-state index contributed by atoms with van der Waals surface area (Å²) in [6.07, 6.45) is 36.2. The summed E-state index contributed by atoms with van der Waals surface area (Å²) in [5, 5.41) is 27.0. The number of aromatic nitrogens is 1. The number of nitrogens with one attached hydrogen (secondary N) is 2. The van der Waals surface area contributed by atoms with Gasteiger partial charge in [-0.1, -0.05) is 89.9 Å². The van der Waals surface area contributed by atoms with Gasteiger partial charge >= 0.3 is 0 Å². The van der Waals surface area contributed by atoms with Gasteiger partial charge in [0.15, 0.2) is 11.9 Å². The van der Waals surface area contributed by atoms with Crippen molar-refractivity contribution in [3.05, 3.63) is 29.1 Å². The molecule has 3 aliphatic heterocycles. The van der Waals surface area contributed by atoms with Crippen molar-refractivity contribution in [1.29, 1.82) is 0 Å². The van der Waals surface area contributed by atoms with Crippen LogP contribution in [0.5, 0.6) is 0 Å². The summed E-state index contributed by atoms with van der Waals surface area (Å²) in [6.45, 7) is 5.47. The Labute approximate surface area is 277 Å². The van der Waals surface area contributed by atoms with Crippen LogP contribution in [0.4, 0.5) is 0 Å². The molecule has 0 saturated carbocycles. The maximum Gasteiger partial charge on any atom is 0.184 e. The van der Waals surface area contributed by atoms with E-state index in [0.717, 1.165) is 25.7 Å². The highest BCUT2D eigenvalue weighted by molar-refractivity contribution is 5.23. The van der Waals surface area contributed by atoms with E-state index in [1.807, 2.05) is 0 Å². The molecule has 1 aromatic rings. The first-order chi connectivity index (χ1) is 22.0. The van der Waals surface area contributed by atoms with Gasteiger partial charge in [0.1, 0.15) is 6.54 Å². The van der Waals surface area contributed by atoms with E-state index in [-0.39, 0.29) is 24.3 Å². The molecule has 0 aliphatic carbocycles. The average molecular weight is 627 g/mol. The van der Waals surface area contributed by atoms with E-state index >= 15 is 0 Å². The van der Waals surface area contributed by atoms with E-state index in [1.165, 1.54) is 148 Å². The predicted octanol–water partition coefficient (Wildman–Crippen LogP) is 8.03. The Morgan fingerprint density at radius 3 is 1.60 bits per heavy atom. The molecule has 45 heavy (non-hydrogen) atoms. The molecule has 0 spiro atoms. The highest BCUT2D eigenvalue weighted by atomic mass is 16.3. The van der Waals surface area contributed by atoms with Crippen LogP contribution < -0.4 is 15.2 Å². The summed E-state index contributed by atoms with van der Waals surface area (Å²) in [7, 11) is 0. The molecular formula is C40H72N3O2+. The summed E-state index contributed by atoms with van der Waals surface area (Å²) in [5.74, 6) is 0. The summed E-state index contributed by atoms with van der Waals surface area (Å²) < 4.78 is 2.60. The molecule has 2 fully saturated rings. The van der Waals surface area contributed by atoms with Crippen molar-refractivity contribution in [2.75, 3.05) is 0 Å². The zero-order chi connectivity index (χ0) is 31.7. The molecule has 5 heteroatoms. The molecule has 0 amide bonds. The Balaban J connectivity index is 0.983. The molecule has 1 aromatic heterocycles. The van der Waals surface area contributed by atoms with Gasteiger partial charge in [-0.15, -0.1) is 0 Å². The minimum absolute atomic E-state index is 0.146. The van der Waals surface area contributed by atoms with Gasteiger partial charge in [-0.05, 0) is 84.1 Å². The Morgan fingerprint density at radius 2 is 1.09 bits per heavy atom. The third-order valence-electron chi connectivity index (χ3n) is 11.5. The van der Waals surface area contributed by atoms with E-state index in [1.54, 1.807) is 16.8 Å². The topological polar surface area (TPSA) is 68.4 Å².